The van der Waals surface area contributed by atoms with Crippen LogP contribution in [0.3, 0.4) is 0 Å². The first kappa shape index (κ1) is 20.7. The minimum absolute atomic E-state index is 0.196. The van der Waals surface area contributed by atoms with Crippen LogP contribution in [-0.4, -0.2) is 28.1 Å². The smallest absolute Gasteiger partial charge is 0.339 e. The Balaban J connectivity index is 1.49. The molecule has 2 aliphatic rings. The summed E-state index contributed by atoms with van der Waals surface area (Å²) in [4.78, 5) is 13.7. The quantitative estimate of drug-likeness (QED) is 0.618. The fourth-order valence-corrected chi connectivity index (χ4v) is 5.09. The van der Waals surface area contributed by atoms with E-state index >= 15 is 0 Å². The summed E-state index contributed by atoms with van der Waals surface area (Å²) in [6.07, 6.45) is 2.74. The van der Waals surface area contributed by atoms with Gasteiger partial charge in [0, 0.05) is 27.6 Å². The van der Waals surface area contributed by atoms with Crippen molar-refractivity contribution in [3.8, 4) is 23.0 Å². The monoisotopic (exact) mass is 438 g/mol. The van der Waals surface area contributed by atoms with Gasteiger partial charge in [-0.1, -0.05) is 0 Å². The Kier molecular flexibility index (Phi) is 5.21. The second kappa shape index (κ2) is 8.06. The lowest BCUT2D eigenvalue weighted by Gasteiger charge is -2.28. The molecule has 3 aromatic rings. The van der Waals surface area contributed by atoms with Crippen LogP contribution >= 0.6 is 0 Å². The standard InChI is InChI=1S/C25H27NO6/c1-14-22-16(10-19-17-6-5-7-18(17)25(27)32-23(14)19)12-26(13-31-22)11-15-8-20(28-2)24(30-4)21(9-15)29-3/h8-10H,5-7,11-13H2,1-4H3/p+1. The van der Waals surface area contributed by atoms with E-state index in [4.69, 9.17) is 23.4 Å². The van der Waals surface area contributed by atoms with Gasteiger partial charge >= 0.3 is 5.63 Å². The third-order valence-corrected chi connectivity index (χ3v) is 6.56. The first-order chi connectivity index (χ1) is 15.5. The average Bonchev–Trinajstić information content (AvgIpc) is 3.30. The van der Waals surface area contributed by atoms with E-state index in [0.717, 1.165) is 71.3 Å². The van der Waals surface area contributed by atoms with E-state index in [1.807, 2.05) is 19.1 Å². The summed E-state index contributed by atoms with van der Waals surface area (Å²) < 4.78 is 28.3. The number of rotatable bonds is 5. The van der Waals surface area contributed by atoms with Crippen LogP contribution in [0.2, 0.25) is 0 Å². The molecule has 0 spiro atoms. The molecule has 1 aliphatic carbocycles. The summed E-state index contributed by atoms with van der Waals surface area (Å²) in [5, 5.41) is 1.06. The van der Waals surface area contributed by atoms with Crippen LogP contribution in [0.5, 0.6) is 23.0 Å². The molecular weight excluding hydrogens is 410 g/mol. The van der Waals surface area contributed by atoms with Crippen molar-refractivity contribution < 1.29 is 28.3 Å². The molecule has 2 aromatic carbocycles. The summed E-state index contributed by atoms with van der Waals surface area (Å²) in [6.45, 7) is 4.06. The summed E-state index contributed by atoms with van der Waals surface area (Å²) >= 11 is 0. The van der Waals surface area contributed by atoms with Crippen molar-refractivity contribution in [3.05, 3.63) is 56.4 Å². The van der Waals surface area contributed by atoms with E-state index in [2.05, 4.69) is 6.07 Å². The lowest BCUT2D eigenvalue weighted by molar-refractivity contribution is -0.945. The number of hydrogen-bond acceptors (Lipinski definition) is 6. The van der Waals surface area contributed by atoms with Crippen molar-refractivity contribution in [2.75, 3.05) is 28.1 Å². The van der Waals surface area contributed by atoms with Gasteiger partial charge in [-0.3, -0.25) is 4.90 Å². The average molecular weight is 439 g/mol. The first-order valence-corrected chi connectivity index (χ1v) is 10.9. The molecule has 0 bridgehead atoms. The molecule has 7 heteroatoms. The number of methoxy groups -OCH3 is 3. The van der Waals surface area contributed by atoms with Gasteiger partial charge in [0.2, 0.25) is 12.5 Å². The van der Waals surface area contributed by atoms with Crippen LogP contribution in [0.25, 0.3) is 11.0 Å². The van der Waals surface area contributed by atoms with Gasteiger partial charge in [-0.05, 0) is 49.9 Å². The molecule has 0 saturated heterocycles. The third kappa shape index (κ3) is 3.28. The van der Waals surface area contributed by atoms with E-state index in [0.29, 0.717) is 29.6 Å². The van der Waals surface area contributed by atoms with Crippen LogP contribution < -0.4 is 29.5 Å². The van der Waals surface area contributed by atoms with Crippen molar-refractivity contribution in [1.29, 1.82) is 0 Å². The zero-order valence-corrected chi connectivity index (χ0v) is 18.9. The number of quaternary nitrogens is 1. The van der Waals surface area contributed by atoms with Crippen LogP contribution in [-0.2, 0) is 25.9 Å². The Morgan fingerprint density at radius 2 is 1.72 bits per heavy atom. The fourth-order valence-electron chi connectivity index (χ4n) is 5.09. The topological polar surface area (TPSA) is 71.6 Å². The molecule has 2 heterocycles. The van der Waals surface area contributed by atoms with Gasteiger partial charge in [0.15, 0.2) is 11.5 Å². The van der Waals surface area contributed by atoms with E-state index in [-0.39, 0.29) is 5.63 Å². The predicted octanol–water partition coefficient (Wildman–Crippen LogP) is 2.55. The van der Waals surface area contributed by atoms with E-state index in [1.54, 1.807) is 21.3 Å². The number of fused-ring (bicyclic) bond motifs is 4. The Morgan fingerprint density at radius 1 is 1.00 bits per heavy atom. The molecule has 0 fully saturated rings. The minimum atomic E-state index is -0.196. The van der Waals surface area contributed by atoms with Crippen LogP contribution in [0.15, 0.2) is 27.4 Å². The number of benzene rings is 2. The second-order valence-electron chi connectivity index (χ2n) is 8.49. The highest BCUT2D eigenvalue weighted by Gasteiger charge is 2.28. The highest BCUT2D eigenvalue weighted by molar-refractivity contribution is 5.87. The Bertz CT molecular complexity index is 1240. The molecule has 5 rings (SSSR count). The SMILES string of the molecule is COc1cc(C[NH+]2COc3c(cc4c5c(c(=O)oc4c3C)CCC5)C2)cc(OC)c1OC. The maximum atomic E-state index is 12.4. The van der Waals surface area contributed by atoms with Gasteiger partial charge < -0.3 is 23.4 Å². The number of ether oxygens (including phenoxy) is 4. The maximum absolute atomic E-state index is 12.4. The highest BCUT2D eigenvalue weighted by atomic mass is 16.5. The van der Waals surface area contributed by atoms with Crippen molar-refractivity contribution in [2.45, 2.75) is 39.3 Å². The number of hydrogen-bond donors (Lipinski definition) is 1. The van der Waals surface area contributed by atoms with Crippen molar-refractivity contribution in [1.82, 2.24) is 0 Å². The summed E-state index contributed by atoms with van der Waals surface area (Å²) in [6, 6.07) is 6.13. The van der Waals surface area contributed by atoms with Gasteiger partial charge in [-0.2, -0.15) is 0 Å². The minimum Gasteiger partial charge on any atom is -0.493 e. The molecule has 7 nitrogen and oxygen atoms in total. The second-order valence-corrected chi connectivity index (χ2v) is 8.49. The first-order valence-electron chi connectivity index (χ1n) is 10.9. The van der Waals surface area contributed by atoms with Crippen molar-refractivity contribution >= 4 is 11.0 Å². The lowest BCUT2D eigenvalue weighted by Crippen LogP contribution is -3.10. The summed E-state index contributed by atoms with van der Waals surface area (Å²) in [5.41, 5.74) is 5.60. The molecule has 1 aliphatic heterocycles. The molecule has 1 aromatic heterocycles. The molecule has 0 saturated carbocycles. The van der Waals surface area contributed by atoms with Crippen molar-refractivity contribution in [3.63, 3.8) is 0 Å². The highest BCUT2D eigenvalue weighted by Crippen LogP contribution is 2.39. The number of nitrogens with one attached hydrogen (secondary N) is 1. The Labute approximate surface area is 186 Å². The van der Waals surface area contributed by atoms with Gasteiger partial charge in [-0.25, -0.2) is 4.79 Å². The molecule has 1 N–H and O–H groups in total. The van der Waals surface area contributed by atoms with E-state index in [1.165, 1.54) is 4.90 Å². The molecule has 0 radical (unpaired) electrons. The van der Waals surface area contributed by atoms with Gasteiger partial charge in [-0.15, -0.1) is 0 Å². The summed E-state index contributed by atoms with van der Waals surface area (Å²) in [5.74, 6) is 2.72. The summed E-state index contributed by atoms with van der Waals surface area (Å²) in [7, 11) is 4.85. The predicted molar refractivity (Wildman–Crippen MR) is 119 cm³/mol. The maximum Gasteiger partial charge on any atom is 0.339 e. The van der Waals surface area contributed by atoms with Gasteiger partial charge in [0.1, 0.15) is 24.4 Å². The van der Waals surface area contributed by atoms with E-state index < -0.39 is 0 Å². The third-order valence-electron chi connectivity index (χ3n) is 6.56. The molecule has 32 heavy (non-hydrogen) atoms. The van der Waals surface area contributed by atoms with Crippen LogP contribution in [0.1, 0.15) is 34.2 Å². The molecule has 1 atom stereocenters. The lowest BCUT2D eigenvalue weighted by atomic mass is 9.99. The largest absolute Gasteiger partial charge is 0.493 e. The Hall–Kier alpha value is -3.19. The zero-order chi connectivity index (χ0) is 22.4. The Morgan fingerprint density at radius 3 is 2.41 bits per heavy atom. The molecular formula is C25H28NO6+. The van der Waals surface area contributed by atoms with Gasteiger partial charge in [0.25, 0.3) is 0 Å². The van der Waals surface area contributed by atoms with Crippen LogP contribution in [0, 0.1) is 6.92 Å². The fraction of sp³-hybridized carbons (Fsp3) is 0.400. The van der Waals surface area contributed by atoms with E-state index in [9.17, 15) is 4.79 Å². The zero-order valence-electron chi connectivity index (χ0n) is 18.9. The molecule has 0 amide bonds. The normalized spacial score (nSPS) is 16.9. The van der Waals surface area contributed by atoms with Crippen molar-refractivity contribution in [2.24, 2.45) is 0 Å². The van der Waals surface area contributed by atoms with Gasteiger partial charge in [0.05, 0.1) is 21.3 Å². The van der Waals surface area contributed by atoms with Crippen LogP contribution in [0.4, 0.5) is 0 Å². The number of aryl methyl sites for hydroxylation is 2. The molecule has 1 unspecified atom stereocenters. The molecule has 168 valence electrons.